The van der Waals surface area contributed by atoms with Crippen LogP contribution in [-0.4, -0.2) is 25.9 Å². The van der Waals surface area contributed by atoms with Gasteiger partial charge in [-0.15, -0.1) is 0 Å². The molecule has 0 spiro atoms. The molecule has 146 valence electrons. The normalized spacial score (nSPS) is 11.1. The van der Waals surface area contributed by atoms with Gasteiger partial charge < -0.3 is 10.1 Å². The van der Waals surface area contributed by atoms with Crippen LogP contribution in [0.3, 0.4) is 0 Å². The number of nitrogens with zero attached hydrogens (tertiary/aromatic N) is 1. The Labute approximate surface area is 167 Å². The Morgan fingerprint density at radius 1 is 1.11 bits per heavy atom. The maximum Gasteiger partial charge on any atom is 0.267 e. The van der Waals surface area contributed by atoms with Crippen LogP contribution in [0.25, 0.3) is 0 Å². The highest BCUT2D eigenvalue weighted by atomic mass is 32.2. The van der Waals surface area contributed by atoms with E-state index in [1.807, 2.05) is 13.0 Å². The summed E-state index contributed by atoms with van der Waals surface area (Å²) in [4.78, 5) is 17.3. The van der Waals surface area contributed by atoms with Crippen molar-refractivity contribution in [3.8, 4) is 5.75 Å². The highest BCUT2D eigenvalue weighted by Crippen LogP contribution is 2.28. The summed E-state index contributed by atoms with van der Waals surface area (Å²) in [5.74, 6) is 0.179. The third-order valence-corrected chi connectivity index (χ3v) is 6.27. The number of amides is 1. The van der Waals surface area contributed by atoms with Gasteiger partial charge in [0.15, 0.2) is 5.13 Å². The Morgan fingerprint density at radius 3 is 2.50 bits per heavy atom. The number of nitrogens with one attached hydrogen (secondary N) is 2. The number of rotatable bonds is 7. The predicted molar refractivity (Wildman–Crippen MR) is 110 cm³/mol. The van der Waals surface area contributed by atoms with Crippen molar-refractivity contribution in [2.75, 3.05) is 16.6 Å². The Morgan fingerprint density at radius 2 is 1.79 bits per heavy atom. The maximum absolute atomic E-state index is 12.7. The number of hydrogen-bond acceptors (Lipinski definition) is 6. The average Bonchev–Trinajstić information content (AvgIpc) is 3.04. The van der Waals surface area contributed by atoms with E-state index in [2.05, 4.69) is 15.0 Å². The van der Waals surface area contributed by atoms with Gasteiger partial charge in [-0.2, -0.15) is 0 Å². The molecule has 0 fully saturated rings. The van der Waals surface area contributed by atoms with Crippen LogP contribution >= 0.6 is 11.3 Å². The van der Waals surface area contributed by atoms with Crippen LogP contribution in [0.4, 0.5) is 10.8 Å². The van der Waals surface area contributed by atoms with E-state index in [-0.39, 0.29) is 15.9 Å². The highest BCUT2D eigenvalue weighted by Gasteiger charge is 2.21. The molecular formula is C19H19N3O4S2. The monoisotopic (exact) mass is 417 g/mol. The molecule has 2 aromatic carbocycles. The van der Waals surface area contributed by atoms with E-state index in [1.54, 1.807) is 43.3 Å². The van der Waals surface area contributed by atoms with Gasteiger partial charge in [-0.05, 0) is 38.1 Å². The first kappa shape index (κ1) is 19.8. The Kier molecular flexibility index (Phi) is 5.96. The van der Waals surface area contributed by atoms with Gasteiger partial charge in [0.1, 0.15) is 10.6 Å². The smallest absolute Gasteiger partial charge is 0.267 e. The minimum Gasteiger partial charge on any atom is -0.492 e. The molecular weight excluding hydrogens is 398 g/mol. The van der Waals surface area contributed by atoms with Gasteiger partial charge in [-0.1, -0.05) is 41.7 Å². The van der Waals surface area contributed by atoms with Crippen LogP contribution in [0, 0.1) is 6.92 Å². The zero-order valence-corrected chi connectivity index (χ0v) is 16.9. The number of hydrogen-bond donors (Lipinski definition) is 2. The third kappa shape index (κ3) is 4.49. The number of aromatic nitrogens is 1. The first-order valence-electron chi connectivity index (χ1n) is 8.49. The zero-order valence-electron chi connectivity index (χ0n) is 15.3. The second kappa shape index (κ2) is 8.41. The number of thiazole rings is 1. The summed E-state index contributed by atoms with van der Waals surface area (Å²) in [7, 11) is -3.77. The van der Waals surface area contributed by atoms with E-state index in [0.717, 1.165) is 11.3 Å². The summed E-state index contributed by atoms with van der Waals surface area (Å²) in [6.07, 6.45) is 0. The Balaban J connectivity index is 1.80. The molecule has 3 rings (SSSR count). The van der Waals surface area contributed by atoms with Gasteiger partial charge in [0.05, 0.1) is 22.9 Å². The lowest BCUT2D eigenvalue weighted by Gasteiger charge is -2.10. The number of aryl methyl sites for hydroxylation is 1. The molecule has 0 aliphatic rings. The van der Waals surface area contributed by atoms with Gasteiger partial charge in [-0.3, -0.25) is 9.52 Å². The molecule has 3 aromatic rings. The molecule has 7 nitrogen and oxygen atoms in total. The molecule has 28 heavy (non-hydrogen) atoms. The largest absolute Gasteiger partial charge is 0.492 e. The second-order valence-electron chi connectivity index (χ2n) is 5.74. The molecule has 0 saturated heterocycles. The molecule has 0 unspecified atom stereocenters. The van der Waals surface area contributed by atoms with Gasteiger partial charge in [0.25, 0.3) is 15.9 Å². The predicted octanol–water partition coefficient (Wildman–Crippen LogP) is 3.90. The fraction of sp³-hybridized carbons (Fsp3) is 0.158. The molecule has 1 amide bonds. The lowest BCUT2D eigenvalue weighted by atomic mass is 10.2. The van der Waals surface area contributed by atoms with Gasteiger partial charge in [-0.25, -0.2) is 13.4 Å². The lowest BCUT2D eigenvalue weighted by molar-refractivity contribution is 0.102. The maximum atomic E-state index is 12.7. The number of sulfonamides is 1. The Hall–Kier alpha value is -2.91. The van der Waals surface area contributed by atoms with Gasteiger partial charge >= 0.3 is 0 Å². The van der Waals surface area contributed by atoms with Crippen LogP contribution < -0.4 is 14.8 Å². The summed E-state index contributed by atoms with van der Waals surface area (Å²) < 4.78 is 32.8. The SMILES string of the molecule is CCOc1ccccc1NC(=O)c1sc(NS(=O)(=O)c2ccccc2)nc1C. The van der Waals surface area contributed by atoms with Crippen LogP contribution in [0.5, 0.6) is 5.75 Å². The van der Waals surface area contributed by atoms with Crippen molar-refractivity contribution in [3.63, 3.8) is 0 Å². The average molecular weight is 418 g/mol. The fourth-order valence-corrected chi connectivity index (χ4v) is 4.57. The van der Waals surface area contributed by atoms with E-state index < -0.39 is 10.0 Å². The fourth-order valence-electron chi connectivity index (χ4n) is 2.45. The lowest BCUT2D eigenvalue weighted by Crippen LogP contribution is -2.12. The van der Waals surface area contributed by atoms with E-state index in [9.17, 15) is 13.2 Å². The number of ether oxygens (including phenoxy) is 1. The molecule has 1 aromatic heterocycles. The first-order chi connectivity index (χ1) is 13.4. The Bertz CT molecular complexity index is 1080. The highest BCUT2D eigenvalue weighted by molar-refractivity contribution is 7.93. The molecule has 9 heteroatoms. The van der Waals surface area contributed by atoms with Crippen molar-refractivity contribution in [2.24, 2.45) is 0 Å². The standard InChI is InChI=1S/C19H19N3O4S2/c1-3-26-16-12-8-7-11-15(16)21-18(23)17-13(2)20-19(27-17)22-28(24,25)14-9-5-4-6-10-14/h4-12H,3H2,1-2H3,(H,20,22)(H,21,23). The van der Waals surface area contributed by atoms with E-state index >= 15 is 0 Å². The summed E-state index contributed by atoms with van der Waals surface area (Å²) >= 11 is 0.973. The number of carbonyl (C=O) groups excluding carboxylic acids is 1. The van der Waals surface area contributed by atoms with Gasteiger partial charge in [0.2, 0.25) is 0 Å². The minimum atomic E-state index is -3.77. The number of anilines is 2. The number of carbonyl (C=O) groups is 1. The zero-order chi connectivity index (χ0) is 20.1. The molecule has 0 saturated carbocycles. The quantitative estimate of drug-likeness (QED) is 0.608. The summed E-state index contributed by atoms with van der Waals surface area (Å²) in [5.41, 5.74) is 0.968. The van der Waals surface area contributed by atoms with E-state index in [1.165, 1.54) is 12.1 Å². The molecule has 0 atom stereocenters. The summed E-state index contributed by atoms with van der Waals surface area (Å²) in [6.45, 7) is 3.98. The van der Waals surface area contributed by atoms with E-state index in [0.29, 0.717) is 28.6 Å². The van der Waals surface area contributed by atoms with Crippen LogP contribution in [0.2, 0.25) is 0 Å². The number of benzene rings is 2. The molecule has 0 radical (unpaired) electrons. The van der Waals surface area contributed by atoms with Crippen molar-refractivity contribution >= 4 is 38.1 Å². The number of para-hydroxylation sites is 2. The second-order valence-corrected chi connectivity index (χ2v) is 8.42. The summed E-state index contributed by atoms with van der Waals surface area (Å²) in [5, 5.41) is 2.92. The molecule has 0 bridgehead atoms. The molecule has 2 N–H and O–H groups in total. The van der Waals surface area contributed by atoms with Crippen molar-refractivity contribution < 1.29 is 17.9 Å². The van der Waals surface area contributed by atoms with Crippen molar-refractivity contribution in [3.05, 3.63) is 65.2 Å². The van der Waals surface area contributed by atoms with Crippen molar-refractivity contribution in [1.29, 1.82) is 0 Å². The van der Waals surface area contributed by atoms with E-state index in [4.69, 9.17) is 4.74 Å². The van der Waals surface area contributed by atoms with Crippen LogP contribution in [0.1, 0.15) is 22.3 Å². The van der Waals surface area contributed by atoms with Gasteiger partial charge in [0, 0.05) is 0 Å². The topological polar surface area (TPSA) is 97.4 Å². The molecule has 0 aliphatic heterocycles. The first-order valence-corrected chi connectivity index (χ1v) is 10.8. The summed E-state index contributed by atoms with van der Waals surface area (Å²) in [6, 6.07) is 15.1. The third-order valence-electron chi connectivity index (χ3n) is 3.71. The van der Waals surface area contributed by atoms with Crippen molar-refractivity contribution in [1.82, 2.24) is 4.98 Å². The minimum absolute atomic E-state index is 0.125. The molecule has 1 heterocycles. The van der Waals surface area contributed by atoms with Crippen LogP contribution in [0.15, 0.2) is 59.5 Å². The van der Waals surface area contributed by atoms with Crippen LogP contribution in [-0.2, 0) is 10.0 Å². The molecule has 0 aliphatic carbocycles. The van der Waals surface area contributed by atoms with Crippen molar-refractivity contribution in [2.45, 2.75) is 18.7 Å².